The van der Waals surface area contributed by atoms with E-state index in [9.17, 15) is 4.79 Å². The minimum Gasteiger partial charge on any atom is -0.493 e. The van der Waals surface area contributed by atoms with Gasteiger partial charge in [0.2, 0.25) is 5.75 Å². The van der Waals surface area contributed by atoms with Crippen molar-refractivity contribution in [3.63, 3.8) is 0 Å². The molecule has 0 radical (unpaired) electrons. The second-order valence-electron chi connectivity index (χ2n) is 6.40. The number of ether oxygens (including phenoxy) is 4. The number of quaternary nitrogens is 1. The van der Waals surface area contributed by atoms with Gasteiger partial charge in [-0.15, -0.1) is 0 Å². The van der Waals surface area contributed by atoms with Crippen LogP contribution >= 0.6 is 0 Å². The highest BCUT2D eigenvalue weighted by atomic mass is 16.5. The van der Waals surface area contributed by atoms with Gasteiger partial charge in [-0.05, 0) is 31.5 Å². The molecule has 1 aromatic rings. The molecule has 1 unspecified atom stereocenters. The number of amides is 1. The van der Waals surface area contributed by atoms with Gasteiger partial charge < -0.3 is 29.2 Å². The Morgan fingerprint density at radius 1 is 1.12 bits per heavy atom. The topological polar surface area (TPSA) is 70.5 Å². The van der Waals surface area contributed by atoms with E-state index in [1.54, 1.807) is 21.3 Å². The van der Waals surface area contributed by atoms with Crippen molar-refractivity contribution in [3.05, 3.63) is 17.7 Å². The van der Waals surface area contributed by atoms with E-state index in [-0.39, 0.29) is 18.1 Å². The minimum atomic E-state index is 0.0186. The number of hydrogen-bond donors (Lipinski definition) is 2. The summed E-state index contributed by atoms with van der Waals surface area (Å²) in [6.07, 6.45) is 0.364. The van der Waals surface area contributed by atoms with Crippen molar-refractivity contribution in [2.45, 2.75) is 32.6 Å². The molecule has 1 aromatic carbocycles. The highest BCUT2D eigenvalue weighted by Gasteiger charge is 2.27. The Labute approximate surface area is 149 Å². The van der Waals surface area contributed by atoms with Crippen molar-refractivity contribution >= 4 is 5.91 Å². The largest absolute Gasteiger partial charge is 0.493 e. The van der Waals surface area contributed by atoms with Gasteiger partial charge in [0.1, 0.15) is 25.3 Å². The molecule has 0 aliphatic carbocycles. The molecular formula is C18H29N2O5+. The molecule has 1 aliphatic rings. The lowest BCUT2D eigenvalue weighted by molar-refractivity contribution is -0.907. The second kappa shape index (κ2) is 8.92. The van der Waals surface area contributed by atoms with Crippen molar-refractivity contribution in [3.8, 4) is 17.2 Å². The summed E-state index contributed by atoms with van der Waals surface area (Å²) in [5.74, 6) is 1.71. The Hall–Kier alpha value is -1.99. The van der Waals surface area contributed by atoms with E-state index in [0.29, 0.717) is 30.3 Å². The van der Waals surface area contributed by atoms with Crippen LogP contribution in [0.15, 0.2) is 12.1 Å². The summed E-state index contributed by atoms with van der Waals surface area (Å²) in [6.45, 7) is 6.64. The number of morpholine rings is 1. The Balaban J connectivity index is 1.95. The average molecular weight is 353 g/mol. The zero-order chi connectivity index (χ0) is 18.4. The predicted molar refractivity (Wildman–Crippen MR) is 93.5 cm³/mol. The number of carbonyl (C=O) groups excluding carboxylic acids is 1. The molecule has 140 valence electrons. The van der Waals surface area contributed by atoms with Crippen LogP contribution in [0.25, 0.3) is 0 Å². The Bertz CT molecular complexity index is 558. The molecule has 1 fully saturated rings. The number of carbonyl (C=O) groups is 1. The van der Waals surface area contributed by atoms with Crippen LogP contribution in [0.5, 0.6) is 17.2 Å². The number of rotatable bonds is 7. The van der Waals surface area contributed by atoms with Crippen LogP contribution in [-0.2, 0) is 16.1 Å². The van der Waals surface area contributed by atoms with Gasteiger partial charge in [-0.25, -0.2) is 0 Å². The molecule has 1 amide bonds. The fourth-order valence-electron chi connectivity index (χ4n) is 3.26. The van der Waals surface area contributed by atoms with E-state index in [1.807, 2.05) is 26.0 Å². The van der Waals surface area contributed by atoms with Gasteiger partial charge in [0.05, 0.1) is 21.3 Å². The zero-order valence-corrected chi connectivity index (χ0v) is 15.7. The van der Waals surface area contributed by atoms with Gasteiger partial charge in [-0.3, -0.25) is 4.79 Å². The van der Waals surface area contributed by atoms with Crippen molar-refractivity contribution in [1.29, 1.82) is 0 Å². The summed E-state index contributed by atoms with van der Waals surface area (Å²) < 4.78 is 21.7. The predicted octanol–water partition coefficient (Wildman–Crippen LogP) is 0.0207. The lowest BCUT2D eigenvalue weighted by atomic mass is 10.1. The van der Waals surface area contributed by atoms with Crippen LogP contribution in [-0.4, -0.2) is 59.1 Å². The average Bonchev–Trinajstić information content (AvgIpc) is 2.57. The summed E-state index contributed by atoms with van der Waals surface area (Å²) in [7, 11) is 4.71. The van der Waals surface area contributed by atoms with Crippen molar-refractivity contribution < 1.29 is 28.6 Å². The number of nitrogens with one attached hydrogen (secondary N) is 2. The first-order valence-corrected chi connectivity index (χ1v) is 8.51. The first-order valence-electron chi connectivity index (χ1n) is 8.51. The lowest BCUT2D eigenvalue weighted by Crippen LogP contribution is -3.16. The van der Waals surface area contributed by atoms with Gasteiger partial charge in [0.25, 0.3) is 5.91 Å². The first-order chi connectivity index (χ1) is 12.0. The number of methoxy groups -OCH3 is 3. The first kappa shape index (κ1) is 19.3. The number of benzene rings is 1. The molecule has 0 spiro atoms. The van der Waals surface area contributed by atoms with E-state index < -0.39 is 0 Å². The van der Waals surface area contributed by atoms with Crippen LogP contribution in [0.4, 0.5) is 0 Å². The molecule has 1 heterocycles. The molecule has 1 saturated heterocycles. The van der Waals surface area contributed by atoms with E-state index in [4.69, 9.17) is 18.9 Å². The lowest BCUT2D eigenvalue weighted by Gasteiger charge is -2.31. The summed E-state index contributed by atoms with van der Waals surface area (Å²) in [6, 6.07) is 3.68. The van der Waals surface area contributed by atoms with Gasteiger partial charge in [-0.2, -0.15) is 0 Å². The molecule has 2 rings (SSSR count). The van der Waals surface area contributed by atoms with Crippen LogP contribution < -0.4 is 24.4 Å². The quantitative estimate of drug-likeness (QED) is 0.723. The molecular weight excluding hydrogens is 324 g/mol. The van der Waals surface area contributed by atoms with Crippen molar-refractivity contribution in [1.82, 2.24) is 5.32 Å². The monoisotopic (exact) mass is 353 g/mol. The maximum absolute atomic E-state index is 12.3. The molecule has 0 aromatic heterocycles. The van der Waals surface area contributed by atoms with Crippen molar-refractivity contribution in [2.24, 2.45) is 0 Å². The molecule has 25 heavy (non-hydrogen) atoms. The summed E-state index contributed by atoms with van der Waals surface area (Å²) in [5, 5.41) is 2.96. The van der Waals surface area contributed by atoms with Gasteiger partial charge in [0, 0.05) is 6.54 Å². The maximum atomic E-state index is 12.3. The van der Waals surface area contributed by atoms with Crippen LogP contribution in [0.1, 0.15) is 19.4 Å². The second-order valence-corrected chi connectivity index (χ2v) is 6.40. The Morgan fingerprint density at radius 2 is 1.68 bits per heavy atom. The summed E-state index contributed by atoms with van der Waals surface area (Å²) >= 11 is 0. The highest BCUT2D eigenvalue weighted by molar-refractivity contribution is 5.76. The third-order valence-corrected chi connectivity index (χ3v) is 4.24. The molecule has 7 heteroatoms. The van der Waals surface area contributed by atoms with Crippen molar-refractivity contribution in [2.75, 3.05) is 41.0 Å². The summed E-state index contributed by atoms with van der Waals surface area (Å²) in [4.78, 5) is 13.5. The minimum absolute atomic E-state index is 0.0186. The normalized spacial score (nSPS) is 23.0. The summed E-state index contributed by atoms with van der Waals surface area (Å²) in [5.41, 5.74) is 0.890. The maximum Gasteiger partial charge on any atom is 0.275 e. The fraction of sp³-hybridized carbons (Fsp3) is 0.611. The molecule has 7 nitrogen and oxygen atoms in total. The Morgan fingerprint density at radius 3 is 2.16 bits per heavy atom. The van der Waals surface area contributed by atoms with E-state index in [0.717, 1.165) is 18.7 Å². The molecule has 0 saturated carbocycles. The van der Waals surface area contributed by atoms with Crippen LogP contribution in [0, 0.1) is 0 Å². The zero-order valence-electron chi connectivity index (χ0n) is 15.7. The van der Waals surface area contributed by atoms with E-state index >= 15 is 0 Å². The number of hydrogen-bond acceptors (Lipinski definition) is 5. The van der Waals surface area contributed by atoms with Crippen LogP contribution in [0.3, 0.4) is 0 Å². The van der Waals surface area contributed by atoms with Gasteiger partial charge in [-0.1, -0.05) is 0 Å². The molecule has 3 atom stereocenters. The molecule has 2 N–H and O–H groups in total. The molecule has 1 aliphatic heterocycles. The van der Waals surface area contributed by atoms with E-state index in [1.165, 1.54) is 4.90 Å². The van der Waals surface area contributed by atoms with E-state index in [2.05, 4.69) is 5.32 Å². The Kier molecular flexibility index (Phi) is 6.90. The third kappa shape index (κ3) is 5.24. The fourth-order valence-corrected chi connectivity index (χ4v) is 3.26. The smallest absolute Gasteiger partial charge is 0.275 e. The molecule has 0 bridgehead atoms. The standard InChI is InChI=1S/C18H28N2O5/c1-12-9-20(10-13(2)25-12)11-17(21)19-8-14-6-15(22-3)18(24-5)16(7-14)23-4/h6-7,12-13H,8-11H2,1-5H3,(H,19,21)/p+1/t12-,13+. The van der Waals surface area contributed by atoms with Gasteiger partial charge >= 0.3 is 0 Å². The third-order valence-electron chi connectivity index (χ3n) is 4.24. The van der Waals surface area contributed by atoms with Crippen LogP contribution in [0.2, 0.25) is 0 Å². The van der Waals surface area contributed by atoms with Gasteiger partial charge in [0.15, 0.2) is 18.0 Å². The highest BCUT2D eigenvalue weighted by Crippen LogP contribution is 2.38. The SMILES string of the molecule is COc1cc(CNC(=O)C[NH+]2C[C@@H](C)O[C@@H](C)C2)cc(OC)c1OC.